The van der Waals surface area contributed by atoms with Crippen LogP contribution in [0.25, 0.3) is 0 Å². The Labute approximate surface area is 89.6 Å². The third-order valence-electron chi connectivity index (χ3n) is 2.29. The Balaban J connectivity index is 4.00. The van der Waals surface area contributed by atoms with Gasteiger partial charge in [0, 0.05) is 6.54 Å². The Kier molecular flexibility index (Phi) is 5.68. The highest BCUT2D eigenvalue weighted by Crippen LogP contribution is 2.27. The maximum absolute atomic E-state index is 5.94. The van der Waals surface area contributed by atoms with E-state index >= 15 is 0 Å². The van der Waals surface area contributed by atoms with Gasteiger partial charge in [-0.05, 0) is 25.4 Å². The summed E-state index contributed by atoms with van der Waals surface area (Å²) < 4.78 is 5.94. The van der Waals surface area contributed by atoms with Crippen LogP contribution in [-0.4, -0.2) is 38.3 Å². The molecule has 0 aromatic heterocycles. The first-order valence-corrected chi connectivity index (χ1v) is 5.51. The molecule has 0 spiro atoms. The van der Waals surface area contributed by atoms with Crippen LogP contribution in [0.15, 0.2) is 0 Å². The van der Waals surface area contributed by atoms with Gasteiger partial charge in [0.1, 0.15) is 0 Å². The number of nitrogens with zero attached hydrogens (tertiary/aromatic N) is 1. The van der Waals surface area contributed by atoms with Crippen molar-refractivity contribution in [2.45, 2.75) is 40.7 Å². The van der Waals surface area contributed by atoms with Crippen molar-refractivity contribution < 1.29 is 4.74 Å². The fourth-order valence-electron chi connectivity index (χ4n) is 1.80. The third-order valence-corrected chi connectivity index (χ3v) is 2.29. The predicted molar refractivity (Wildman–Crippen MR) is 62.6 cm³/mol. The van der Waals surface area contributed by atoms with Crippen molar-refractivity contribution >= 4 is 0 Å². The highest BCUT2D eigenvalue weighted by atomic mass is 16.5. The minimum Gasteiger partial charge on any atom is -0.376 e. The third kappa shape index (κ3) is 5.61. The molecular weight excluding hydrogens is 174 g/mol. The minimum atomic E-state index is 0.237. The van der Waals surface area contributed by atoms with Crippen LogP contribution in [0, 0.1) is 11.3 Å². The molecule has 1 atom stereocenters. The molecule has 0 aliphatic heterocycles. The van der Waals surface area contributed by atoms with Crippen LogP contribution in [0.2, 0.25) is 0 Å². The van der Waals surface area contributed by atoms with E-state index in [1.165, 1.54) is 0 Å². The molecule has 86 valence electrons. The van der Waals surface area contributed by atoms with Crippen molar-refractivity contribution in [1.29, 1.82) is 0 Å². The first-order valence-electron chi connectivity index (χ1n) is 5.51. The average Bonchev–Trinajstić information content (AvgIpc) is 1.94. The molecule has 0 saturated heterocycles. The number of hydrogen-bond acceptors (Lipinski definition) is 2. The number of rotatable bonds is 5. The Bertz CT molecular complexity index is 147. The number of ether oxygens (including phenoxy) is 1. The van der Waals surface area contributed by atoms with Crippen LogP contribution in [0.5, 0.6) is 0 Å². The van der Waals surface area contributed by atoms with E-state index in [9.17, 15) is 0 Å². The van der Waals surface area contributed by atoms with Crippen molar-refractivity contribution in [1.82, 2.24) is 4.90 Å². The van der Waals surface area contributed by atoms with E-state index in [1.54, 1.807) is 0 Å². The smallest absolute Gasteiger partial charge is 0.0646 e. The standard InChI is InChI=1S/C12H27NO/c1-10(2)11(12(3,4)5)14-9-8-13(6)7/h10-11H,8-9H2,1-7H3/t11-/m0/s1. The summed E-state index contributed by atoms with van der Waals surface area (Å²) in [6, 6.07) is 0. The fraction of sp³-hybridized carbons (Fsp3) is 1.00. The molecule has 0 saturated carbocycles. The topological polar surface area (TPSA) is 12.5 Å². The second-order valence-corrected chi connectivity index (χ2v) is 5.70. The Morgan fingerprint density at radius 3 is 1.93 bits per heavy atom. The summed E-state index contributed by atoms with van der Waals surface area (Å²) in [6.45, 7) is 13.0. The van der Waals surface area contributed by atoms with Gasteiger partial charge >= 0.3 is 0 Å². The van der Waals surface area contributed by atoms with Crippen LogP contribution < -0.4 is 0 Å². The van der Waals surface area contributed by atoms with Gasteiger partial charge in [-0.15, -0.1) is 0 Å². The Morgan fingerprint density at radius 1 is 1.14 bits per heavy atom. The summed E-state index contributed by atoms with van der Waals surface area (Å²) in [4.78, 5) is 2.15. The molecule has 0 aromatic carbocycles. The summed E-state index contributed by atoms with van der Waals surface area (Å²) in [6.07, 6.45) is 0.349. The number of likely N-dealkylation sites (N-methyl/N-ethyl adjacent to an activating group) is 1. The second-order valence-electron chi connectivity index (χ2n) is 5.70. The molecule has 14 heavy (non-hydrogen) atoms. The predicted octanol–water partition coefficient (Wildman–Crippen LogP) is 2.64. The zero-order valence-electron chi connectivity index (χ0n) is 10.9. The fourth-order valence-corrected chi connectivity index (χ4v) is 1.80. The molecule has 0 N–H and O–H groups in total. The molecule has 0 bridgehead atoms. The van der Waals surface area contributed by atoms with Crippen LogP contribution in [0.3, 0.4) is 0 Å². The minimum absolute atomic E-state index is 0.237. The average molecular weight is 201 g/mol. The van der Waals surface area contributed by atoms with E-state index in [0.29, 0.717) is 12.0 Å². The highest BCUT2D eigenvalue weighted by molar-refractivity contribution is 4.77. The normalized spacial score (nSPS) is 15.2. The van der Waals surface area contributed by atoms with Crippen molar-refractivity contribution in [2.75, 3.05) is 27.2 Å². The van der Waals surface area contributed by atoms with Crippen LogP contribution >= 0.6 is 0 Å². The molecule has 0 aromatic rings. The van der Waals surface area contributed by atoms with Gasteiger partial charge in [0.2, 0.25) is 0 Å². The van der Waals surface area contributed by atoms with Crippen LogP contribution in [-0.2, 0) is 4.74 Å². The van der Waals surface area contributed by atoms with Crippen molar-refractivity contribution in [2.24, 2.45) is 11.3 Å². The van der Waals surface area contributed by atoms with Gasteiger partial charge in [-0.1, -0.05) is 34.6 Å². The quantitative estimate of drug-likeness (QED) is 0.678. The van der Waals surface area contributed by atoms with Gasteiger partial charge in [0.15, 0.2) is 0 Å². The van der Waals surface area contributed by atoms with E-state index in [-0.39, 0.29) is 5.41 Å². The van der Waals surface area contributed by atoms with E-state index in [0.717, 1.165) is 13.2 Å². The molecule has 0 aliphatic rings. The van der Waals surface area contributed by atoms with E-state index in [4.69, 9.17) is 4.74 Å². The largest absolute Gasteiger partial charge is 0.376 e. The Morgan fingerprint density at radius 2 is 1.64 bits per heavy atom. The maximum atomic E-state index is 5.94. The van der Waals surface area contributed by atoms with Gasteiger partial charge in [0.05, 0.1) is 12.7 Å². The first kappa shape index (κ1) is 13.9. The van der Waals surface area contributed by atoms with Gasteiger partial charge in [-0.3, -0.25) is 0 Å². The van der Waals surface area contributed by atoms with Crippen molar-refractivity contribution in [3.05, 3.63) is 0 Å². The molecule has 0 fully saturated rings. The molecule has 0 rings (SSSR count). The summed E-state index contributed by atoms with van der Waals surface area (Å²) in [7, 11) is 4.15. The zero-order chi connectivity index (χ0) is 11.4. The molecule has 0 amide bonds. The lowest BCUT2D eigenvalue weighted by Crippen LogP contribution is -2.36. The zero-order valence-corrected chi connectivity index (χ0v) is 10.9. The molecule has 0 heterocycles. The lowest BCUT2D eigenvalue weighted by atomic mass is 9.82. The van der Waals surface area contributed by atoms with E-state index < -0.39 is 0 Å². The van der Waals surface area contributed by atoms with Crippen LogP contribution in [0.1, 0.15) is 34.6 Å². The van der Waals surface area contributed by atoms with Gasteiger partial charge in [0.25, 0.3) is 0 Å². The van der Waals surface area contributed by atoms with Crippen molar-refractivity contribution in [3.63, 3.8) is 0 Å². The van der Waals surface area contributed by atoms with E-state index in [2.05, 4.69) is 53.6 Å². The number of hydrogen-bond donors (Lipinski definition) is 0. The maximum Gasteiger partial charge on any atom is 0.0646 e. The molecule has 0 radical (unpaired) electrons. The second kappa shape index (κ2) is 5.72. The Hall–Kier alpha value is -0.0800. The first-order chi connectivity index (χ1) is 6.25. The molecule has 2 heteroatoms. The summed E-state index contributed by atoms with van der Waals surface area (Å²) in [5.41, 5.74) is 0.237. The highest BCUT2D eigenvalue weighted by Gasteiger charge is 2.27. The van der Waals surface area contributed by atoms with Gasteiger partial charge in [-0.25, -0.2) is 0 Å². The van der Waals surface area contributed by atoms with Gasteiger partial charge in [-0.2, -0.15) is 0 Å². The molecule has 0 aliphatic carbocycles. The monoisotopic (exact) mass is 201 g/mol. The summed E-state index contributed by atoms with van der Waals surface area (Å²) in [5.74, 6) is 0.581. The van der Waals surface area contributed by atoms with E-state index in [1.807, 2.05) is 0 Å². The van der Waals surface area contributed by atoms with Gasteiger partial charge < -0.3 is 9.64 Å². The summed E-state index contributed by atoms with van der Waals surface area (Å²) in [5, 5.41) is 0. The van der Waals surface area contributed by atoms with Crippen LogP contribution in [0.4, 0.5) is 0 Å². The molecule has 0 unspecified atom stereocenters. The SMILES string of the molecule is CC(C)[C@H](OCCN(C)C)C(C)(C)C. The lowest BCUT2D eigenvalue weighted by molar-refractivity contribution is -0.0497. The van der Waals surface area contributed by atoms with Crippen molar-refractivity contribution in [3.8, 4) is 0 Å². The molecule has 2 nitrogen and oxygen atoms in total. The lowest BCUT2D eigenvalue weighted by Gasteiger charge is -2.34. The summed E-state index contributed by atoms with van der Waals surface area (Å²) >= 11 is 0. The molecular formula is C12H27NO.